The third-order valence-electron chi connectivity index (χ3n) is 5.19. The number of hydrogen-bond donors (Lipinski definition) is 0. The van der Waals surface area contributed by atoms with Gasteiger partial charge in [0.15, 0.2) is 0 Å². The summed E-state index contributed by atoms with van der Waals surface area (Å²) in [6.45, 7) is 9.55. The predicted octanol–water partition coefficient (Wildman–Crippen LogP) is 2.09. The smallest absolute Gasteiger partial charge is 0.309 e. The molecule has 1 saturated carbocycles. The van der Waals surface area contributed by atoms with Gasteiger partial charge in [-0.1, -0.05) is 0 Å². The normalized spacial score (nSPS) is 18.2. The highest BCUT2D eigenvalue weighted by Crippen LogP contribution is 2.40. The first kappa shape index (κ1) is 20.1. The minimum absolute atomic E-state index is 0.0831. The Balaban J connectivity index is 1.80. The topological polar surface area (TPSA) is 82.2 Å². The quantitative estimate of drug-likeness (QED) is 0.648. The Bertz CT molecular complexity index is 850. The van der Waals surface area contributed by atoms with Crippen LogP contribution < -0.4 is 0 Å². The monoisotopic (exact) mass is 387 g/mol. The molecule has 0 unspecified atom stereocenters. The van der Waals surface area contributed by atoms with E-state index >= 15 is 0 Å². The Morgan fingerprint density at radius 1 is 1.25 bits per heavy atom. The van der Waals surface area contributed by atoms with E-state index < -0.39 is 0 Å². The molecule has 1 aliphatic rings. The minimum atomic E-state index is -0.164. The molecule has 28 heavy (non-hydrogen) atoms. The van der Waals surface area contributed by atoms with Crippen LogP contribution in [-0.2, 0) is 29.7 Å². The third kappa shape index (κ3) is 4.26. The third-order valence-corrected chi connectivity index (χ3v) is 5.19. The summed E-state index contributed by atoms with van der Waals surface area (Å²) in [5.74, 6) is -0.228. The number of aromatic nitrogens is 4. The number of ether oxygens (including phenoxy) is 1. The van der Waals surface area contributed by atoms with Crippen molar-refractivity contribution >= 4 is 11.9 Å². The molecule has 0 aliphatic heterocycles. The van der Waals surface area contributed by atoms with E-state index in [-0.39, 0.29) is 23.7 Å². The van der Waals surface area contributed by atoms with E-state index in [9.17, 15) is 9.59 Å². The largest absolute Gasteiger partial charge is 0.466 e. The molecule has 3 rings (SSSR count). The average molecular weight is 387 g/mol. The van der Waals surface area contributed by atoms with Gasteiger partial charge in [-0.2, -0.15) is 10.2 Å². The summed E-state index contributed by atoms with van der Waals surface area (Å²) >= 11 is 0. The molecule has 0 spiro atoms. The van der Waals surface area contributed by atoms with Crippen molar-refractivity contribution in [3.8, 4) is 0 Å². The molecule has 2 aromatic rings. The molecule has 0 bridgehead atoms. The lowest BCUT2D eigenvalue weighted by molar-refractivity contribution is -0.145. The van der Waals surface area contributed by atoms with Gasteiger partial charge in [0.1, 0.15) is 5.69 Å². The highest BCUT2D eigenvalue weighted by Gasteiger charge is 2.45. The molecule has 0 radical (unpaired) electrons. The Kier molecular flexibility index (Phi) is 5.86. The fraction of sp³-hybridized carbons (Fsp3) is 0.600. The zero-order valence-corrected chi connectivity index (χ0v) is 17.3. The van der Waals surface area contributed by atoms with Gasteiger partial charge in [-0.25, -0.2) is 0 Å². The van der Waals surface area contributed by atoms with Crippen LogP contribution in [0.2, 0.25) is 0 Å². The second kappa shape index (κ2) is 8.16. The van der Waals surface area contributed by atoms with Crippen LogP contribution in [0.3, 0.4) is 0 Å². The van der Waals surface area contributed by atoms with Crippen LogP contribution in [0.4, 0.5) is 0 Å². The molecule has 8 nitrogen and oxygen atoms in total. The Hall–Kier alpha value is -2.64. The zero-order valence-electron chi connectivity index (χ0n) is 17.3. The summed E-state index contributed by atoms with van der Waals surface area (Å²) < 4.78 is 8.66. The number of carbonyl (C=O) groups is 2. The summed E-state index contributed by atoms with van der Waals surface area (Å²) in [6, 6.07) is 3.80. The summed E-state index contributed by atoms with van der Waals surface area (Å²) in [5, 5.41) is 8.89. The van der Waals surface area contributed by atoms with Crippen molar-refractivity contribution in [3.63, 3.8) is 0 Å². The van der Waals surface area contributed by atoms with Crippen molar-refractivity contribution in [2.24, 2.45) is 18.9 Å². The van der Waals surface area contributed by atoms with Crippen molar-refractivity contribution in [2.75, 3.05) is 13.2 Å². The summed E-state index contributed by atoms with van der Waals surface area (Å²) in [5.41, 5.74) is 3.25. The molecule has 1 amide bonds. The van der Waals surface area contributed by atoms with Crippen molar-refractivity contribution in [3.05, 3.63) is 34.9 Å². The fourth-order valence-electron chi connectivity index (χ4n) is 3.52. The first-order valence-electron chi connectivity index (χ1n) is 9.83. The molecule has 2 aromatic heterocycles. The first-order chi connectivity index (χ1) is 13.3. The van der Waals surface area contributed by atoms with Gasteiger partial charge in [-0.05, 0) is 52.2 Å². The van der Waals surface area contributed by atoms with Crippen molar-refractivity contribution < 1.29 is 14.3 Å². The second-order valence-corrected chi connectivity index (χ2v) is 7.43. The van der Waals surface area contributed by atoms with E-state index in [4.69, 9.17) is 4.74 Å². The molecule has 0 saturated heterocycles. The molecule has 152 valence electrons. The minimum Gasteiger partial charge on any atom is -0.466 e. The van der Waals surface area contributed by atoms with Gasteiger partial charge >= 0.3 is 5.97 Å². The number of rotatable bonds is 8. The average Bonchev–Trinajstić information content (AvgIpc) is 3.21. The van der Waals surface area contributed by atoms with Crippen LogP contribution in [0.15, 0.2) is 12.1 Å². The second-order valence-electron chi connectivity index (χ2n) is 7.43. The van der Waals surface area contributed by atoms with Crippen LogP contribution in [0.5, 0.6) is 0 Å². The van der Waals surface area contributed by atoms with Gasteiger partial charge in [0.25, 0.3) is 5.91 Å². The maximum absolute atomic E-state index is 13.3. The van der Waals surface area contributed by atoms with E-state index in [0.717, 1.165) is 23.5 Å². The number of amides is 1. The summed E-state index contributed by atoms with van der Waals surface area (Å²) in [7, 11) is 1.89. The Morgan fingerprint density at radius 2 is 2.00 bits per heavy atom. The Morgan fingerprint density at radius 3 is 2.61 bits per heavy atom. The van der Waals surface area contributed by atoms with E-state index in [1.807, 2.05) is 46.9 Å². The van der Waals surface area contributed by atoms with E-state index in [1.54, 1.807) is 14.3 Å². The number of carbonyl (C=O) groups excluding carboxylic acids is 2. The first-order valence-corrected chi connectivity index (χ1v) is 9.83. The van der Waals surface area contributed by atoms with Crippen molar-refractivity contribution in [1.82, 2.24) is 24.5 Å². The molecular weight excluding hydrogens is 358 g/mol. The lowest BCUT2D eigenvalue weighted by Crippen LogP contribution is -2.34. The van der Waals surface area contributed by atoms with Crippen molar-refractivity contribution in [2.45, 2.75) is 47.2 Å². The summed E-state index contributed by atoms with van der Waals surface area (Å²) in [6.07, 6.45) is 0.760. The highest BCUT2D eigenvalue weighted by molar-refractivity contribution is 5.92. The van der Waals surface area contributed by atoms with Crippen LogP contribution in [0.1, 0.15) is 47.8 Å². The van der Waals surface area contributed by atoms with Gasteiger partial charge in [-0.3, -0.25) is 19.0 Å². The van der Waals surface area contributed by atoms with Crippen LogP contribution in [0.25, 0.3) is 0 Å². The molecule has 8 heteroatoms. The Labute approximate surface area is 165 Å². The van der Waals surface area contributed by atoms with E-state index in [0.29, 0.717) is 31.9 Å². The number of aryl methyl sites for hydroxylation is 4. The molecular formula is C20H29N5O3. The number of esters is 1. The van der Waals surface area contributed by atoms with Gasteiger partial charge in [-0.15, -0.1) is 0 Å². The molecule has 2 atom stereocenters. The van der Waals surface area contributed by atoms with E-state index in [2.05, 4.69) is 10.2 Å². The highest BCUT2D eigenvalue weighted by atomic mass is 16.5. The maximum atomic E-state index is 13.3. The SMILES string of the molecule is CCOC(=O)[C@@H]1C[C@H]1CN(Cc1cc(C)n(C)n1)C(=O)c1cc(C)nn1CC. The van der Waals surface area contributed by atoms with Gasteiger partial charge in [0.05, 0.1) is 30.5 Å². The van der Waals surface area contributed by atoms with Crippen LogP contribution in [-0.4, -0.2) is 49.5 Å². The maximum Gasteiger partial charge on any atom is 0.309 e. The van der Waals surface area contributed by atoms with Gasteiger partial charge in [0.2, 0.25) is 0 Å². The molecule has 0 N–H and O–H groups in total. The fourth-order valence-corrected chi connectivity index (χ4v) is 3.52. The molecule has 0 aromatic carbocycles. The predicted molar refractivity (Wildman–Crippen MR) is 104 cm³/mol. The van der Waals surface area contributed by atoms with E-state index in [1.165, 1.54) is 0 Å². The molecule has 2 heterocycles. The van der Waals surface area contributed by atoms with Crippen LogP contribution >= 0.6 is 0 Å². The lowest BCUT2D eigenvalue weighted by Gasteiger charge is -2.22. The standard InChI is InChI=1S/C20H29N5O3/c1-6-25-18(8-13(3)21-25)19(26)24(12-16-9-14(4)23(5)22-16)11-15-10-17(15)20(27)28-7-2/h8-9,15,17H,6-7,10-12H2,1-5H3/t15-,17+/m0/s1. The van der Waals surface area contributed by atoms with Gasteiger partial charge in [0, 0.05) is 25.8 Å². The molecule has 1 aliphatic carbocycles. The zero-order chi connectivity index (χ0) is 20.4. The van der Waals surface area contributed by atoms with Gasteiger partial charge < -0.3 is 9.64 Å². The lowest BCUT2D eigenvalue weighted by atomic mass is 10.2. The van der Waals surface area contributed by atoms with Crippen LogP contribution in [0, 0.1) is 25.7 Å². The number of nitrogens with zero attached hydrogens (tertiary/aromatic N) is 5. The number of hydrogen-bond acceptors (Lipinski definition) is 5. The van der Waals surface area contributed by atoms with Crippen molar-refractivity contribution in [1.29, 1.82) is 0 Å². The summed E-state index contributed by atoms with van der Waals surface area (Å²) in [4.78, 5) is 27.1. The molecule has 1 fully saturated rings.